The van der Waals surface area contributed by atoms with Crippen molar-refractivity contribution in [2.45, 2.75) is 37.6 Å². The molecule has 17 heavy (non-hydrogen) atoms. The first-order chi connectivity index (χ1) is 8.28. The van der Waals surface area contributed by atoms with Gasteiger partial charge in [0.25, 0.3) is 0 Å². The summed E-state index contributed by atoms with van der Waals surface area (Å²) in [5.74, 6) is 0. The number of nitrogens with two attached hydrogens (primary N) is 1. The summed E-state index contributed by atoms with van der Waals surface area (Å²) < 4.78 is 0. The van der Waals surface area contributed by atoms with Gasteiger partial charge in [-0.2, -0.15) is 0 Å². The number of hydrogen-bond donors (Lipinski definition) is 1. The molecule has 90 valence electrons. The van der Waals surface area contributed by atoms with Crippen molar-refractivity contribution in [3.05, 3.63) is 22.0 Å². The highest BCUT2D eigenvalue weighted by Gasteiger charge is 2.32. The van der Waals surface area contributed by atoms with E-state index in [1.165, 1.54) is 19.3 Å². The van der Waals surface area contributed by atoms with Crippen LogP contribution in [0.2, 0.25) is 0 Å². The lowest BCUT2D eigenvalue weighted by atomic mass is 9.83. The molecule has 0 atom stereocenters. The topological polar surface area (TPSA) is 51.8 Å². The zero-order valence-corrected chi connectivity index (χ0v) is 11.2. The van der Waals surface area contributed by atoms with Gasteiger partial charge >= 0.3 is 0 Å². The van der Waals surface area contributed by atoms with Crippen molar-refractivity contribution < 1.29 is 0 Å². The highest BCUT2D eigenvalue weighted by Crippen LogP contribution is 2.37. The predicted octanol–water partition coefficient (Wildman–Crippen LogP) is 3.38. The van der Waals surface area contributed by atoms with E-state index in [1.54, 1.807) is 22.7 Å². The molecule has 0 saturated heterocycles. The fourth-order valence-corrected chi connectivity index (χ4v) is 4.00. The van der Waals surface area contributed by atoms with Crippen molar-refractivity contribution in [1.29, 1.82) is 0 Å². The van der Waals surface area contributed by atoms with Crippen LogP contribution in [0.4, 0.5) is 0 Å². The van der Waals surface area contributed by atoms with Crippen LogP contribution in [0.1, 0.15) is 37.1 Å². The van der Waals surface area contributed by atoms with E-state index in [-0.39, 0.29) is 5.54 Å². The van der Waals surface area contributed by atoms with Crippen molar-refractivity contribution in [1.82, 2.24) is 9.97 Å². The average Bonchev–Trinajstić information content (AvgIpc) is 3.01. The quantitative estimate of drug-likeness (QED) is 0.905. The van der Waals surface area contributed by atoms with Crippen LogP contribution >= 0.6 is 22.7 Å². The number of thiazole rings is 2. The Hall–Kier alpha value is -0.780. The highest BCUT2D eigenvalue weighted by atomic mass is 32.1. The largest absolute Gasteiger partial charge is 0.319 e. The Labute approximate surface area is 109 Å². The van der Waals surface area contributed by atoms with Crippen LogP contribution < -0.4 is 5.73 Å². The van der Waals surface area contributed by atoms with E-state index in [2.05, 4.69) is 15.3 Å². The Morgan fingerprint density at radius 2 is 2.00 bits per heavy atom. The molecule has 5 heteroatoms. The van der Waals surface area contributed by atoms with Gasteiger partial charge in [-0.05, 0) is 12.8 Å². The molecule has 2 N–H and O–H groups in total. The second-order valence-corrected chi connectivity index (χ2v) is 6.34. The third-order valence-corrected chi connectivity index (χ3v) is 5.19. The van der Waals surface area contributed by atoms with E-state index in [4.69, 9.17) is 5.73 Å². The van der Waals surface area contributed by atoms with E-state index in [9.17, 15) is 0 Å². The van der Waals surface area contributed by atoms with Crippen molar-refractivity contribution >= 4 is 22.7 Å². The smallest absolute Gasteiger partial charge is 0.142 e. The number of aromatic nitrogens is 2. The minimum atomic E-state index is -0.182. The monoisotopic (exact) mass is 265 g/mol. The first-order valence-electron chi connectivity index (χ1n) is 5.93. The van der Waals surface area contributed by atoms with Gasteiger partial charge in [-0.1, -0.05) is 19.3 Å². The van der Waals surface area contributed by atoms with Gasteiger partial charge in [0.2, 0.25) is 0 Å². The van der Waals surface area contributed by atoms with Gasteiger partial charge in [-0.25, -0.2) is 9.97 Å². The summed E-state index contributed by atoms with van der Waals surface area (Å²) in [4.78, 5) is 8.98. The van der Waals surface area contributed by atoms with Crippen LogP contribution in [0, 0.1) is 0 Å². The summed E-state index contributed by atoms with van der Waals surface area (Å²) in [6.45, 7) is 0. The van der Waals surface area contributed by atoms with Crippen molar-refractivity contribution in [3.8, 4) is 10.7 Å². The van der Waals surface area contributed by atoms with Crippen LogP contribution in [0.25, 0.3) is 10.7 Å². The lowest BCUT2D eigenvalue weighted by Crippen LogP contribution is -2.38. The minimum absolute atomic E-state index is 0.182. The lowest BCUT2D eigenvalue weighted by Gasteiger charge is -2.31. The van der Waals surface area contributed by atoms with Crippen LogP contribution in [0.5, 0.6) is 0 Å². The highest BCUT2D eigenvalue weighted by molar-refractivity contribution is 7.14. The molecule has 1 aliphatic rings. The standard InChI is InChI=1S/C12H15N3S2/c13-12(4-2-1-3-5-12)11-15-9(8-17-11)10-14-6-7-16-10/h6-8H,1-5,13H2. The van der Waals surface area contributed by atoms with E-state index in [0.717, 1.165) is 28.6 Å². The number of rotatable bonds is 2. The fourth-order valence-electron chi connectivity index (χ4n) is 2.35. The molecule has 3 nitrogen and oxygen atoms in total. The number of nitrogens with zero attached hydrogens (tertiary/aromatic N) is 2. The molecule has 0 spiro atoms. The van der Waals surface area contributed by atoms with Gasteiger partial charge in [0.1, 0.15) is 15.7 Å². The van der Waals surface area contributed by atoms with E-state index < -0.39 is 0 Å². The molecule has 2 aromatic heterocycles. The van der Waals surface area contributed by atoms with Gasteiger partial charge < -0.3 is 5.73 Å². The molecule has 1 aliphatic carbocycles. The van der Waals surface area contributed by atoms with Crippen LogP contribution in [0.3, 0.4) is 0 Å². The van der Waals surface area contributed by atoms with Crippen LogP contribution in [-0.4, -0.2) is 9.97 Å². The van der Waals surface area contributed by atoms with Gasteiger partial charge in [-0.3, -0.25) is 0 Å². The molecule has 2 aromatic rings. The molecule has 0 aliphatic heterocycles. The molecule has 3 rings (SSSR count). The van der Waals surface area contributed by atoms with E-state index in [0.29, 0.717) is 0 Å². The van der Waals surface area contributed by atoms with Gasteiger partial charge in [-0.15, -0.1) is 22.7 Å². The van der Waals surface area contributed by atoms with Crippen molar-refractivity contribution in [2.24, 2.45) is 5.73 Å². The number of hydrogen-bond acceptors (Lipinski definition) is 5. The lowest BCUT2D eigenvalue weighted by molar-refractivity contribution is 0.301. The van der Waals surface area contributed by atoms with Gasteiger partial charge in [0, 0.05) is 17.0 Å². The molecular formula is C12H15N3S2. The Morgan fingerprint density at radius 1 is 1.18 bits per heavy atom. The SMILES string of the molecule is NC1(c2nc(-c3nccs3)cs2)CCCCC1. The summed E-state index contributed by atoms with van der Waals surface area (Å²) in [5.41, 5.74) is 7.28. The molecule has 1 fully saturated rings. The maximum Gasteiger partial charge on any atom is 0.142 e. The molecule has 1 saturated carbocycles. The maximum atomic E-state index is 6.48. The molecule has 0 bridgehead atoms. The van der Waals surface area contributed by atoms with Crippen molar-refractivity contribution in [2.75, 3.05) is 0 Å². The zero-order chi connectivity index (χ0) is 11.7. The maximum absolute atomic E-state index is 6.48. The van der Waals surface area contributed by atoms with Crippen LogP contribution in [0.15, 0.2) is 17.0 Å². The fraction of sp³-hybridized carbons (Fsp3) is 0.500. The third kappa shape index (κ3) is 2.14. The van der Waals surface area contributed by atoms with E-state index >= 15 is 0 Å². The Bertz CT molecular complexity index is 484. The minimum Gasteiger partial charge on any atom is -0.319 e. The molecule has 2 heterocycles. The first kappa shape index (κ1) is 11.3. The Morgan fingerprint density at radius 3 is 2.71 bits per heavy atom. The summed E-state index contributed by atoms with van der Waals surface area (Å²) in [5, 5.41) is 6.14. The summed E-state index contributed by atoms with van der Waals surface area (Å²) in [6.07, 6.45) is 7.71. The summed E-state index contributed by atoms with van der Waals surface area (Å²) in [7, 11) is 0. The second-order valence-electron chi connectivity index (χ2n) is 4.59. The molecule has 0 unspecified atom stereocenters. The summed E-state index contributed by atoms with van der Waals surface area (Å²) >= 11 is 3.31. The average molecular weight is 265 g/mol. The van der Waals surface area contributed by atoms with Gasteiger partial charge in [0.05, 0.1) is 5.54 Å². The zero-order valence-electron chi connectivity index (χ0n) is 9.56. The Kier molecular flexibility index (Phi) is 2.98. The third-order valence-electron chi connectivity index (χ3n) is 3.33. The predicted molar refractivity (Wildman–Crippen MR) is 72.2 cm³/mol. The second kappa shape index (κ2) is 4.48. The summed E-state index contributed by atoms with van der Waals surface area (Å²) in [6, 6.07) is 0. The molecular weight excluding hydrogens is 250 g/mol. The normalized spacial score (nSPS) is 19.4. The molecule has 0 amide bonds. The van der Waals surface area contributed by atoms with Crippen LogP contribution in [-0.2, 0) is 5.54 Å². The van der Waals surface area contributed by atoms with Crippen molar-refractivity contribution in [3.63, 3.8) is 0 Å². The first-order valence-corrected chi connectivity index (χ1v) is 7.69. The molecule has 0 radical (unpaired) electrons. The van der Waals surface area contributed by atoms with E-state index in [1.807, 2.05) is 11.6 Å². The molecule has 0 aromatic carbocycles. The van der Waals surface area contributed by atoms with Gasteiger partial charge in [0.15, 0.2) is 0 Å². The Balaban J connectivity index is 1.89.